The van der Waals surface area contributed by atoms with Crippen LogP contribution in [0.1, 0.15) is 0 Å². The minimum absolute atomic E-state index is 0.0239. The minimum atomic E-state index is -5.00. The van der Waals surface area contributed by atoms with Crippen LogP contribution in [0.15, 0.2) is 197 Å². The highest BCUT2D eigenvalue weighted by Gasteiger charge is 2.25. The molecule has 0 bridgehead atoms. The molecule has 6 rings (SSSR count). The standard InChI is InChI=1S/C38H28N8O15S4/c47-44(34-17-21-36(22-18-34)63(53,54)55)41-29-9-15-33(16-10-29)46(49)43-31-6-4-26(38(24-31)65(59,60)61)2-1-25-3-5-30(23-37(25)64(56,57)58)42-45(48)32-13-7-27(8-14-32)39-40-28-11-19-35(20-12-28)62(50,51)52/h1-24H,(H4-,50,51,52,53,54,55,56,57,58,59,60,61)/p+1. The van der Waals surface area contributed by atoms with E-state index in [1.165, 1.54) is 85.0 Å². The predicted octanol–water partition coefficient (Wildman–Crippen LogP) is 4.92. The molecule has 0 saturated carbocycles. The van der Waals surface area contributed by atoms with Crippen molar-refractivity contribution in [1.82, 2.24) is 0 Å². The van der Waals surface area contributed by atoms with Gasteiger partial charge in [0, 0.05) is 46.6 Å². The average Bonchev–Trinajstić information content (AvgIpc) is 3.24. The summed E-state index contributed by atoms with van der Waals surface area (Å²) >= 11 is 0. The minimum Gasteiger partial charge on any atom is -0.594 e. The second-order valence-corrected chi connectivity index (χ2v) is 18.7. The maximum atomic E-state index is 12.9. The van der Waals surface area contributed by atoms with E-state index in [-0.39, 0.29) is 70.5 Å². The van der Waals surface area contributed by atoms with Crippen molar-refractivity contribution in [1.29, 1.82) is 0 Å². The van der Waals surface area contributed by atoms with Crippen molar-refractivity contribution in [2.24, 2.45) is 25.5 Å². The van der Waals surface area contributed by atoms with E-state index in [4.69, 9.17) is 4.55 Å². The van der Waals surface area contributed by atoms with Crippen LogP contribution in [0, 0.1) is 15.3 Å². The zero-order chi connectivity index (χ0) is 47.3. The zero-order valence-corrected chi connectivity index (χ0v) is 35.7. The summed E-state index contributed by atoms with van der Waals surface area (Å²) in [5.41, 5.74) is -0.434. The maximum absolute atomic E-state index is 12.9. The van der Waals surface area contributed by atoms with E-state index in [1.807, 2.05) is 0 Å². The Hall–Kier alpha value is -7.34. The molecule has 27 heteroatoms. The Labute approximate surface area is 368 Å². The number of nitroso groups, excluding NO2 is 1. The second-order valence-electron chi connectivity index (χ2n) is 13.0. The first-order chi connectivity index (χ1) is 30.4. The fourth-order valence-electron chi connectivity index (χ4n) is 5.40. The van der Waals surface area contributed by atoms with Crippen molar-refractivity contribution in [3.8, 4) is 0 Å². The molecule has 0 fully saturated rings. The molecule has 0 unspecified atom stereocenters. The van der Waals surface area contributed by atoms with Crippen LogP contribution < -0.4 is 0 Å². The summed E-state index contributed by atoms with van der Waals surface area (Å²) in [6.45, 7) is 0. The Balaban J connectivity index is 1.17. The molecule has 0 heterocycles. The predicted molar refractivity (Wildman–Crippen MR) is 238 cm³/mol. The smallest absolute Gasteiger partial charge is 0.295 e. The molecule has 334 valence electrons. The van der Waals surface area contributed by atoms with E-state index in [1.54, 1.807) is 0 Å². The van der Waals surface area contributed by atoms with Gasteiger partial charge in [0.1, 0.15) is 26.9 Å². The number of hydrazone groups is 2. The topological polar surface area (TPSA) is 355 Å². The Morgan fingerprint density at radius 3 is 1.42 bits per heavy atom. The number of azo groups is 1. The van der Waals surface area contributed by atoms with Crippen LogP contribution in [0.4, 0.5) is 17.1 Å². The molecule has 0 aliphatic heterocycles. The van der Waals surface area contributed by atoms with E-state index in [2.05, 4.69) is 25.5 Å². The van der Waals surface area contributed by atoms with Crippen LogP contribution >= 0.6 is 0 Å². The van der Waals surface area contributed by atoms with Crippen LogP contribution in [-0.4, -0.2) is 100 Å². The number of benzene rings is 2. The normalized spacial score (nSPS) is 19.4. The molecule has 0 amide bonds. The monoisotopic (exact) mass is 965 g/mol. The van der Waals surface area contributed by atoms with E-state index in [9.17, 15) is 63.0 Å². The van der Waals surface area contributed by atoms with Gasteiger partial charge in [0.25, 0.3) is 36.0 Å². The zero-order valence-electron chi connectivity index (χ0n) is 32.4. The van der Waals surface area contributed by atoms with Gasteiger partial charge in [-0.2, -0.15) is 35.5 Å². The average molecular weight is 966 g/mol. The van der Waals surface area contributed by atoms with Gasteiger partial charge in [-0.05, 0) is 96.2 Å². The van der Waals surface area contributed by atoms with Gasteiger partial charge in [-0.1, -0.05) is 34.0 Å². The Kier molecular flexibility index (Phi) is 13.6. The molecular weight excluding hydrogens is 937 g/mol. The lowest BCUT2D eigenvalue weighted by atomic mass is 10.0. The first kappa shape index (κ1) is 47.1. The summed E-state index contributed by atoms with van der Waals surface area (Å²) in [6.07, 6.45) is 19.2. The molecule has 65 heavy (non-hydrogen) atoms. The van der Waals surface area contributed by atoms with Gasteiger partial charge in [0.15, 0.2) is 4.87 Å². The van der Waals surface area contributed by atoms with Crippen molar-refractivity contribution in [2.45, 2.75) is 4.90 Å². The van der Waals surface area contributed by atoms with Crippen molar-refractivity contribution < 1.29 is 66.8 Å². The first-order valence-electron chi connectivity index (χ1n) is 17.7. The van der Waals surface area contributed by atoms with Gasteiger partial charge in [-0.25, -0.2) is 4.21 Å². The summed E-state index contributed by atoms with van der Waals surface area (Å²) in [5, 5.41) is 44.6. The molecule has 23 nitrogen and oxygen atoms in total. The summed E-state index contributed by atoms with van der Waals surface area (Å²) in [4.78, 5) is 11.2. The first-order valence-corrected chi connectivity index (χ1v) is 23.5. The van der Waals surface area contributed by atoms with Crippen molar-refractivity contribution in [2.75, 3.05) is 0 Å². The van der Waals surface area contributed by atoms with Gasteiger partial charge in [-0.15, -0.1) is 0 Å². The molecule has 4 aliphatic carbocycles. The molecule has 5 N–H and O–H groups in total. The Morgan fingerprint density at radius 1 is 0.508 bits per heavy atom. The van der Waals surface area contributed by atoms with Crippen LogP contribution in [0.2, 0.25) is 0 Å². The molecule has 0 saturated heterocycles. The molecule has 0 atom stereocenters. The SMILES string of the molecule is O=[N+](N=C1C=CC(=CC=C2C=CC(=N[N+]([O-])=C3C=CC(=NN=C4C=CC(=S(=O)(O)O)C=C4)C=C3)C=C2S(=O)(=O)O)C(S(=O)(=O)O)=C1)c1ccc(N=[N+]([O-])c2ccc(S(=O)(=O)O)cc2)cc1. The van der Waals surface area contributed by atoms with E-state index >= 15 is 0 Å². The van der Waals surface area contributed by atoms with E-state index in [0.29, 0.717) is 5.71 Å². The number of allylic oxidation sites excluding steroid dienone is 18. The second kappa shape index (κ2) is 18.8. The summed E-state index contributed by atoms with van der Waals surface area (Å²) in [6, 6.07) is 9.20. The van der Waals surface area contributed by atoms with Gasteiger partial charge in [-0.3, -0.25) is 22.8 Å². The summed E-state index contributed by atoms with van der Waals surface area (Å²) in [5.74, 6) is 0. The molecule has 0 spiro atoms. The van der Waals surface area contributed by atoms with Crippen LogP contribution in [0.5, 0.6) is 0 Å². The lowest BCUT2D eigenvalue weighted by Crippen LogP contribution is -2.14. The van der Waals surface area contributed by atoms with Gasteiger partial charge < -0.3 is 10.4 Å². The number of hydrogen-bond donors (Lipinski definition) is 5. The molecular formula is C38H29N8O15S4+. The number of rotatable bonds is 10. The van der Waals surface area contributed by atoms with Crippen LogP contribution in [-0.2, 0) is 40.4 Å². The fraction of sp³-hybridized carbons (Fsp3) is 0. The third-order valence-corrected chi connectivity index (χ3v) is 12.1. The van der Waals surface area contributed by atoms with Crippen LogP contribution in [0.25, 0.3) is 0 Å². The van der Waals surface area contributed by atoms with Crippen LogP contribution in [0.3, 0.4) is 0 Å². The lowest BCUT2D eigenvalue weighted by molar-refractivity contribution is -0.467. The van der Waals surface area contributed by atoms with Gasteiger partial charge in [0.2, 0.25) is 21.5 Å². The third-order valence-electron chi connectivity index (χ3n) is 8.53. The number of nitrogens with zero attached hydrogens (tertiary/aromatic N) is 8. The fourth-order valence-corrected chi connectivity index (χ4v) is 7.78. The van der Waals surface area contributed by atoms with Crippen molar-refractivity contribution in [3.05, 3.63) is 182 Å². The number of hydrogen-bond acceptors (Lipinski definition) is 14. The highest BCUT2D eigenvalue weighted by molar-refractivity contribution is 7.92. The largest absolute Gasteiger partial charge is 0.594 e. The quantitative estimate of drug-likeness (QED) is 0.0401. The van der Waals surface area contributed by atoms with E-state index < -0.39 is 55.1 Å². The highest BCUT2D eigenvalue weighted by Crippen LogP contribution is 2.27. The third kappa shape index (κ3) is 12.4. The molecule has 0 radical (unpaired) electrons. The molecule has 2 aromatic rings. The molecule has 0 aromatic heterocycles. The van der Waals surface area contributed by atoms with Gasteiger partial charge >= 0.3 is 0 Å². The van der Waals surface area contributed by atoms with Gasteiger partial charge in [0.05, 0.1) is 31.2 Å². The lowest BCUT2D eigenvalue weighted by Gasteiger charge is -2.11. The highest BCUT2D eigenvalue weighted by atomic mass is 32.2. The molecule has 2 aromatic carbocycles. The summed E-state index contributed by atoms with van der Waals surface area (Å²) < 4.78 is 131. The van der Waals surface area contributed by atoms with Crippen molar-refractivity contribution in [3.63, 3.8) is 0 Å². The maximum Gasteiger partial charge on any atom is 0.295 e. The molecule has 4 aliphatic rings. The van der Waals surface area contributed by atoms with E-state index in [0.717, 1.165) is 60.7 Å². The Morgan fingerprint density at radius 2 is 0.954 bits per heavy atom. The Bertz CT molecular complexity index is 3370. The van der Waals surface area contributed by atoms with Crippen molar-refractivity contribution >= 4 is 90.9 Å². The summed E-state index contributed by atoms with van der Waals surface area (Å²) in [7, 11) is -18.6.